The van der Waals surface area contributed by atoms with E-state index in [2.05, 4.69) is 4.98 Å². The number of nitrogens with zero attached hydrogens (tertiary/aromatic N) is 2. The zero-order chi connectivity index (χ0) is 12.6. The minimum Gasteiger partial charge on any atom is -0.394 e. The average Bonchev–Trinajstić information content (AvgIpc) is 2.57. The molecule has 2 unspecified atom stereocenters. The lowest BCUT2D eigenvalue weighted by atomic mass is 10.1. The fourth-order valence-electron chi connectivity index (χ4n) is 1.70. The Morgan fingerprint density at radius 3 is 2.88 bits per heavy atom. The lowest BCUT2D eigenvalue weighted by Gasteiger charge is -2.15. The number of aromatic nitrogens is 2. The Morgan fingerprint density at radius 2 is 2.35 bits per heavy atom. The number of aliphatic hydroxyl groups excluding tert-OH is 2. The van der Waals surface area contributed by atoms with Crippen LogP contribution in [0.5, 0.6) is 0 Å². The predicted molar refractivity (Wildman–Crippen MR) is 54.8 cm³/mol. The van der Waals surface area contributed by atoms with E-state index in [9.17, 15) is 14.3 Å². The Morgan fingerprint density at radius 1 is 1.65 bits per heavy atom. The SMILES string of the molecule is Nc1ccn([C@@H]2O[C@H](CO)C(O)C2F)c(=O)n1. The Balaban J connectivity index is 2.32. The molecule has 1 aliphatic rings. The summed E-state index contributed by atoms with van der Waals surface area (Å²) in [5.41, 5.74) is 4.52. The van der Waals surface area contributed by atoms with E-state index in [4.69, 9.17) is 15.6 Å². The van der Waals surface area contributed by atoms with Gasteiger partial charge in [0.1, 0.15) is 18.0 Å². The van der Waals surface area contributed by atoms with Crippen LogP contribution in [0.25, 0.3) is 0 Å². The molecule has 0 aliphatic carbocycles. The topological polar surface area (TPSA) is 111 Å². The smallest absolute Gasteiger partial charge is 0.351 e. The van der Waals surface area contributed by atoms with Gasteiger partial charge in [-0.2, -0.15) is 4.98 Å². The third kappa shape index (κ3) is 2.02. The summed E-state index contributed by atoms with van der Waals surface area (Å²) in [5.74, 6) is 0.0129. The molecule has 1 fully saturated rings. The van der Waals surface area contributed by atoms with Crippen LogP contribution in [0.1, 0.15) is 6.23 Å². The summed E-state index contributed by atoms with van der Waals surface area (Å²) in [4.78, 5) is 14.9. The lowest BCUT2D eigenvalue weighted by molar-refractivity contribution is -0.0490. The molecule has 0 saturated carbocycles. The zero-order valence-corrected chi connectivity index (χ0v) is 8.73. The van der Waals surface area contributed by atoms with Crippen LogP contribution in [0, 0.1) is 0 Å². The van der Waals surface area contributed by atoms with E-state index in [-0.39, 0.29) is 5.82 Å². The van der Waals surface area contributed by atoms with Gasteiger partial charge in [0.25, 0.3) is 0 Å². The van der Waals surface area contributed by atoms with Crippen molar-refractivity contribution in [1.82, 2.24) is 9.55 Å². The van der Waals surface area contributed by atoms with E-state index in [1.807, 2.05) is 0 Å². The summed E-state index contributed by atoms with van der Waals surface area (Å²) >= 11 is 0. The molecule has 0 spiro atoms. The van der Waals surface area contributed by atoms with Gasteiger partial charge in [0, 0.05) is 6.20 Å². The Labute approximate surface area is 95.3 Å². The maximum absolute atomic E-state index is 13.7. The van der Waals surface area contributed by atoms with Crippen LogP contribution < -0.4 is 11.4 Å². The summed E-state index contributed by atoms with van der Waals surface area (Å²) in [7, 11) is 0. The molecular weight excluding hydrogens is 233 g/mol. The summed E-state index contributed by atoms with van der Waals surface area (Å²) in [6.45, 7) is -0.533. The summed E-state index contributed by atoms with van der Waals surface area (Å²) in [5, 5.41) is 18.3. The highest BCUT2D eigenvalue weighted by Gasteiger charge is 2.45. The molecule has 7 nitrogen and oxygen atoms in total. The first-order chi connectivity index (χ1) is 8.04. The van der Waals surface area contributed by atoms with Crippen LogP contribution in [-0.2, 0) is 4.74 Å². The molecule has 8 heteroatoms. The molecule has 0 amide bonds. The van der Waals surface area contributed by atoms with Gasteiger partial charge in [-0.15, -0.1) is 0 Å². The quantitative estimate of drug-likeness (QED) is 0.579. The van der Waals surface area contributed by atoms with Gasteiger partial charge in [0.15, 0.2) is 12.4 Å². The molecule has 1 aliphatic heterocycles. The molecule has 1 saturated heterocycles. The number of aliphatic hydroxyl groups is 2. The molecule has 4 N–H and O–H groups in total. The monoisotopic (exact) mass is 245 g/mol. The van der Waals surface area contributed by atoms with Crippen LogP contribution >= 0.6 is 0 Å². The first-order valence-electron chi connectivity index (χ1n) is 4.97. The van der Waals surface area contributed by atoms with Crippen molar-refractivity contribution < 1.29 is 19.3 Å². The largest absolute Gasteiger partial charge is 0.394 e. The van der Waals surface area contributed by atoms with E-state index in [1.54, 1.807) is 0 Å². The number of hydrogen-bond acceptors (Lipinski definition) is 6. The number of hydrogen-bond donors (Lipinski definition) is 3. The number of alkyl halides is 1. The van der Waals surface area contributed by atoms with Gasteiger partial charge in [-0.1, -0.05) is 0 Å². The minimum atomic E-state index is -1.81. The first kappa shape index (κ1) is 12.0. The number of nitrogens with two attached hydrogens (primary N) is 1. The third-order valence-electron chi connectivity index (χ3n) is 2.60. The molecule has 0 bridgehead atoms. The molecule has 0 radical (unpaired) electrons. The van der Waals surface area contributed by atoms with Crippen molar-refractivity contribution >= 4 is 5.82 Å². The molecule has 94 valence electrons. The molecule has 2 heterocycles. The van der Waals surface area contributed by atoms with Crippen molar-refractivity contribution in [3.63, 3.8) is 0 Å². The fraction of sp³-hybridized carbons (Fsp3) is 0.556. The molecule has 17 heavy (non-hydrogen) atoms. The Bertz CT molecular complexity index is 466. The second-order valence-electron chi connectivity index (χ2n) is 3.72. The van der Waals surface area contributed by atoms with Crippen molar-refractivity contribution in [2.45, 2.75) is 24.6 Å². The minimum absolute atomic E-state index is 0.0129. The number of ether oxygens (including phenoxy) is 1. The molecule has 4 atom stereocenters. The van der Waals surface area contributed by atoms with Gasteiger partial charge >= 0.3 is 5.69 Å². The molecule has 0 aromatic carbocycles. The van der Waals surface area contributed by atoms with Crippen LogP contribution in [-0.4, -0.2) is 44.8 Å². The second kappa shape index (κ2) is 4.40. The maximum atomic E-state index is 13.7. The van der Waals surface area contributed by atoms with Crippen molar-refractivity contribution in [3.05, 3.63) is 22.7 Å². The van der Waals surface area contributed by atoms with Crippen LogP contribution in [0.2, 0.25) is 0 Å². The van der Waals surface area contributed by atoms with E-state index in [1.165, 1.54) is 12.3 Å². The highest BCUT2D eigenvalue weighted by atomic mass is 19.1. The fourth-order valence-corrected chi connectivity index (χ4v) is 1.70. The zero-order valence-electron chi connectivity index (χ0n) is 8.73. The maximum Gasteiger partial charge on any atom is 0.351 e. The Hall–Kier alpha value is -1.51. The van der Waals surface area contributed by atoms with Gasteiger partial charge in [0.2, 0.25) is 0 Å². The highest BCUT2D eigenvalue weighted by molar-refractivity contribution is 5.23. The summed E-state index contributed by atoms with van der Waals surface area (Å²) in [6.07, 6.45) is -4.42. The third-order valence-corrected chi connectivity index (χ3v) is 2.60. The van der Waals surface area contributed by atoms with Crippen molar-refractivity contribution in [2.24, 2.45) is 0 Å². The first-order valence-corrected chi connectivity index (χ1v) is 4.97. The predicted octanol–water partition coefficient (Wildman–Crippen LogP) is -1.59. The van der Waals surface area contributed by atoms with Crippen molar-refractivity contribution in [2.75, 3.05) is 12.3 Å². The summed E-state index contributed by atoms with van der Waals surface area (Å²) < 4.78 is 19.6. The van der Waals surface area contributed by atoms with Gasteiger partial charge < -0.3 is 20.7 Å². The van der Waals surface area contributed by atoms with Crippen molar-refractivity contribution in [1.29, 1.82) is 0 Å². The number of halogens is 1. The average molecular weight is 245 g/mol. The summed E-state index contributed by atoms with van der Waals surface area (Å²) in [6, 6.07) is 1.32. The molecular formula is C9H12FN3O4. The van der Waals surface area contributed by atoms with Crippen molar-refractivity contribution in [3.8, 4) is 0 Å². The van der Waals surface area contributed by atoms with Gasteiger partial charge in [-0.25, -0.2) is 9.18 Å². The molecule has 1 aromatic rings. The number of rotatable bonds is 2. The number of anilines is 1. The van der Waals surface area contributed by atoms with E-state index < -0.39 is 36.9 Å². The van der Waals surface area contributed by atoms with Gasteiger partial charge in [0.05, 0.1) is 6.61 Å². The standard InChI is InChI=1S/C9H12FN3O4/c10-6-7(15)4(3-14)17-8(6)13-2-1-5(11)12-9(13)16/h1-2,4,6-8,14-15H,3H2,(H2,11,12,16)/t4-,6?,7?,8-/m1/s1. The van der Waals surface area contributed by atoms with Gasteiger partial charge in [-0.3, -0.25) is 4.57 Å². The Kier molecular flexibility index (Phi) is 3.09. The highest BCUT2D eigenvalue weighted by Crippen LogP contribution is 2.30. The van der Waals surface area contributed by atoms with Crippen LogP contribution in [0.3, 0.4) is 0 Å². The molecule has 2 rings (SSSR count). The van der Waals surface area contributed by atoms with E-state index in [0.717, 1.165) is 4.57 Å². The normalized spacial score (nSPS) is 32.9. The second-order valence-corrected chi connectivity index (χ2v) is 3.72. The lowest BCUT2D eigenvalue weighted by Crippen LogP contribution is -2.33. The molecule has 1 aromatic heterocycles. The van der Waals surface area contributed by atoms with Crippen LogP contribution in [0.15, 0.2) is 17.1 Å². The van der Waals surface area contributed by atoms with Gasteiger partial charge in [-0.05, 0) is 6.07 Å². The van der Waals surface area contributed by atoms with E-state index in [0.29, 0.717) is 0 Å². The van der Waals surface area contributed by atoms with Crippen LogP contribution in [0.4, 0.5) is 10.2 Å². The van der Waals surface area contributed by atoms with E-state index >= 15 is 0 Å². The number of nitrogen functional groups attached to an aromatic ring is 1.